The van der Waals surface area contributed by atoms with Gasteiger partial charge in [-0.2, -0.15) is 0 Å². The number of rotatable bonds is 8. The first-order valence-corrected chi connectivity index (χ1v) is 12.7. The van der Waals surface area contributed by atoms with E-state index in [-0.39, 0.29) is 5.75 Å². The molecule has 0 saturated heterocycles. The Kier molecular flexibility index (Phi) is 9.97. The number of para-hydroxylation sites is 1. The van der Waals surface area contributed by atoms with Gasteiger partial charge >= 0.3 is 6.09 Å². The van der Waals surface area contributed by atoms with Crippen molar-refractivity contribution in [2.24, 2.45) is 5.73 Å². The van der Waals surface area contributed by atoms with E-state index in [2.05, 4.69) is 10.6 Å². The predicted octanol–water partition coefficient (Wildman–Crippen LogP) is 4.43. The number of nitrogens with one attached hydrogen (secondary N) is 2. The number of amides is 4. The van der Waals surface area contributed by atoms with E-state index in [1.807, 2.05) is 0 Å². The highest BCUT2D eigenvalue weighted by Crippen LogP contribution is 2.34. The molecule has 39 heavy (non-hydrogen) atoms. The molecule has 11 heteroatoms. The fourth-order valence-electron chi connectivity index (χ4n) is 3.92. The second kappa shape index (κ2) is 12.4. The van der Waals surface area contributed by atoms with Gasteiger partial charge < -0.3 is 31.1 Å². The van der Waals surface area contributed by atoms with E-state index >= 15 is 0 Å². The van der Waals surface area contributed by atoms with E-state index in [1.165, 1.54) is 29.2 Å². The van der Waals surface area contributed by atoms with Crippen LogP contribution in [0.3, 0.4) is 0 Å². The van der Waals surface area contributed by atoms with Crippen molar-refractivity contribution >= 4 is 41.1 Å². The highest BCUT2D eigenvalue weighted by atomic mass is 35.5. The third kappa shape index (κ3) is 8.88. The van der Waals surface area contributed by atoms with E-state index in [0.717, 1.165) is 0 Å². The smallest absolute Gasteiger partial charge is 0.408 e. The Balaban J connectivity index is 2.63. The van der Waals surface area contributed by atoms with Crippen LogP contribution in [0.4, 0.5) is 10.5 Å². The average molecular weight is 561 g/mol. The minimum atomic E-state index is -1.42. The van der Waals surface area contributed by atoms with Gasteiger partial charge in [-0.1, -0.05) is 35.9 Å². The number of carbonyl (C=O) groups excluding carboxylic acids is 4. The van der Waals surface area contributed by atoms with E-state index in [4.69, 9.17) is 22.1 Å². The van der Waals surface area contributed by atoms with Gasteiger partial charge in [-0.25, -0.2) is 4.79 Å². The predicted molar refractivity (Wildman–Crippen MR) is 149 cm³/mol. The number of nitrogens with zero attached hydrogens (tertiary/aromatic N) is 1. The highest BCUT2D eigenvalue weighted by molar-refractivity contribution is 6.34. The molecule has 0 radical (unpaired) electrons. The molecule has 0 saturated carbocycles. The molecule has 0 fully saturated rings. The Morgan fingerprint density at radius 1 is 1.03 bits per heavy atom. The van der Waals surface area contributed by atoms with Gasteiger partial charge in [0.05, 0.1) is 17.1 Å². The van der Waals surface area contributed by atoms with Gasteiger partial charge in [0.15, 0.2) is 0 Å². The minimum absolute atomic E-state index is 0.0355. The van der Waals surface area contributed by atoms with Crippen molar-refractivity contribution < 1.29 is 29.0 Å². The molecule has 2 aromatic rings. The van der Waals surface area contributed by atoms with Gasteiger partial charge in [0.2, 0.25) is 11.8 Å². The van der Waals surface area contributed by atoms with Crippen molar-refractivity contribution in [3.63, 3.8) is 0 Å². The van der Waals surface area contributed by atoms with Crippen molar-refractivity contribution in [3.8, 4) is 5.75 Å². The van der Waals surface area contributed by atoms with Crippen LogP contribution in [-0.4, -0.2) is 51.0 Å². The number of carbonyl (C=O) groups is 4. The zero-order valence-corrected chi connectivity index (χ0v) is 24.1. The Bertz CT molecular complexity index is 1200. The lowest BCUT2D eigenvalue weighted by atomic mass is 9.94. The molecule has 0 aromatic heterocycles. The fourth-order valence-corrected chi connectivity index (χ4v) is 4.19. The second-order valence-electron chi connectivity index (χ2n) is 11.2. The normalized spacial score (nSPS) is 13.1. The van der Waals surface area contributed by atoms with Crippen molar-refractivity contribution in [1.29, 1.82) is 0 Å². The zero-order valence-electron chi connectivity index (χ0n) is 23.3. The fraction of sp³-hybridized carbons (Fsp3) is 0.429. The van der Waals surface area contributed by atoms with Crippen molar-refractivity contribution in [3.05, 3.63) is 58.6 Å². The van der Waals surface area contributed by atoms with E-state index < -0.39 is 53.5 Å². The SMILES string of the molecule is Cc1cccc(Cl)c1NC(=O)C(c1ccc(O)cc1)N(C(=O)C(CC(N)=O)NC(=O)OC(C)(C)C)C(C)(C)C. The molecule has 2 atom stereocenters. The molecule has 2 aromatic carbocycles. The molecule has 0 aliphatic rings. The molecule has 2 rings (SSSR count). The number of phenolic OH excluding ortho intramolecular Hbond substituents is 1. The maximum absolute atomic E-state index is 14.1. The summed E-state index contributed by atoms with van der Waals surface area (Å²) in [5.74, 6) is -2.21. The van der Waals surface area contributed by atoms with Crippen LogP contribution in [0.5, 0.6) is 5.75 Å². The summed E-state index contributed by atoms with van der Waals surface area (Å²) in [5, 5.41) is 15.4. The number of alkyl carbamates (subject to hydrolysis) is 1. The van der Waals surface area contributed by atoms with Crippen LogP contribution in [-0.2, 0) is 19.1 Å². The van der Waals surface area contributed by atoms with Crippen LogP contribution in [0.1, 0.15) is 65.1 Å². The van der Waals surface area contributed by atoms with E-state index in [0.29, 0.717) is 21.8 Å². The quantitative estimate of drug-likeness (QED) is 0.375. The number of hydrogen-bond acceptors (Lipinski definition) is 6. The van der Waals surface area contributed by atoms with Crippen molar-refractivity contribution in [1.82, 2.24) is 10.2 Å². The Labute approximate surface area is 233 Å². The molecule has 0 aliphatic carbocycles. The standard InChI is InChI=1S/C28H37ClN4O6/c1-16-9-8-10-19(29)22(16)32-24(36)23(17-11-13-18(34)14-12-17)33(27(2,3)4)25(37)20(15-21(30)35)31-26(38)39-28(5,6)7/h8-14,20,23,34H,15H2,1-7H3,(H2,30,35)(H,31,38)(H,32,36). The average Bonchev–Trinajstić information content (AvgIpc) is 2.77. The van der Waals surface area contributed by atoms with E-state index in [9.17, 15) is 24.3 Å². The van der Waals surface area contributed by atoms with E-state index in [1.54, 1.807) is 66.7 Å². The lowest BCUT2D eigenvalue weighted by Gasteiger charge is -2.43. The second-order valence-corrected chi connectivity index (χ2v) is 11.6. The molecule has 5 N–H and O–H groups in total. The summed E-state index contributed by atoms with van der Waals surface area (Å²) in [4.78, 5) is 53.8. The Morgan fingerprint density at radius 2 is 1.62 bits per heavy atom. The monoisotopic (exact) mass is 560 g/mol. The molecular weight excluding hydrogens is 524 g/mol. The molecule has 0 bridgehead atoms. The number of ether oxygens (including phenoxy) is 1. The number of halogens is 1. The third-order valence-corrected chi connectivity index (χ3v) is 5.85. The first-order valence-electron chi connectivity index (χ1n) is 12.4. The minimum Gasteiger partial charge on any atom is -0.508 e. The molecule has 10 nitrogen and oxygen atoms in total. The van der Waals surface area contributed by atoms with Crippen LogP contribution >= 0.6 is 11.6 Å². The van der Waals surface area contributed by atoms with Gasteiger partial charge in [0, 0.05) is 5.54 Å². The number of hydrogen-bond donors (Lipinski definition) is 4. The number of aryl methyl sites for hydroxylation is 1. The van der Waals surface area contributed by atoms with Crippen LogP contribution in [0.2, 0.25) is 5.02 Å². The maximum atomic E-state index is 14.1. The van der Waals surface area contributed by atoms with Gasteiger partial charge in [-0.3, -0.25) is 14.4 Å². The summed E-state index contributed by atoms with van der Waals surface area (Å²) < 4.78 is 5.28. The van der Waals surface area contributed by atoms with Crippen LogP contribution in [0.25, 0.3) is 0 Å². The Hall–Kier alpha value is -3.79. The van der Waals surface area contributed by atoms with Crippen LogP contribution in [0.15, 0.2) is 42.5 Å². The summed E-state index contributed by atoms with van der Waals surface area (Å²) in [7, 11) is 0. The van der Waals surface area contributed by atoms with Crippen LogP contribution in [0, 0.1) is 6.92 Å². The van der Waals surface area contributed by atoms with Gasteiger partial charge in [0.1, 0.15) is 23.4 Å². The summed E-state index contributed by atoms with van der Waals surface area (Å²) in [5.41, 5.74) is 4.99. The van der Waals surface area contributed by atoms with Crippen molar-refractivity contribution in [2.45, 2.75) is 78.1 Å². The first kappa shape index (κ1) is 31.4. The summed E-state index contributed by atoms with van der Waals surface area (Å²) >= 11 is 6.35. The molecule has 4 amide bonds. The number of primary amides is 1. The highest BCUT2D eigenvalue weighted by Gasteiger charge is 2.42. The topological polar surface area (TPSA) is 151 Å². The number of nitrogens with two attached hydrogens (primary N) is 1. The van der Waals surface area contributed by atoms with Crippen molar-refractivity contribution in [2.75, 3.05) is 5.32 Å². The van der Waals surface area contributed by atoms with Gasteiger partial charge in [0.25, 0.3) is 5.91 Å². The molecule has 2 unspecified atom stereocenters. The largest absolute Gasteiger partial charge is 0.508 e. The molecule has 0 heterocycles. The zero-order chi connectivity index (χ0) is 29.7. The number of phenols is 1. The summed E-state index contributed by atoms with van der Waals surface area (Å²) in [6, 6.07) is 8.26. The molecular formula is C28H37ClN4O6. The molecule has 0 aliphatic heterocycles. The Morgan fingerprint density at radius 3 is 2.10 bits per heavy atom. The van der Waals surface area contributed by atoms with Gasteiger partial charge in [-0.05, 0) is 77.8 Å². The number of benzene rings is 2. The first-order chi connectivity index (χ1) is 17.9. The summed E-state index contributed by atoms with van der Waals surface area (Å²) in [6.07, 6.45) is -1.45. The molecule has 0 spiro atoms. The lowest BCUT2D eigenvalue weighted by Crippen LogP contribution is -2.58. The molecule has 212 valence electrons. The summed E-state index contributed by atoms with van der Waals surface area (Å²) in [6.45, 7) is 11.9. The lowest BCUT2D eigenvalue weighted by molar-refractivity contribution is -0.147. The van der Waals surface area contributed by atoms with Crippen LogP contribution < -0.4 is 16.4 Å². The van der Waals surface area contributed by atoms with Gasteiger partial charge in [-0.15, -0.1) is 0 Å². The number of anilines is 1. The third-order valence-electron chi connectivity index (χ3n) is 5.54. The maximum Gasteiger partial charge on any atom is 0.408 e. The number of aromatic hydroxyl groups is 1.